The highest BCUT2D eigenvalue weighted by atomic mass is 16.5. The highest BCUT2D eigenvalue weighted by Gasteiger charge is 2.29. The standard InChI is InChI=1S/C26H29N3O5/c1-18(25(32)29-14-12-28(13-15-29)16-24(30)31)10-11-27-26(33)34-17-23-21-8-4-2-6-19(21)20-7-3-5-9-22(20)23/h2-10,23H,11-17H2,1H3,(H,27,33)(H,30,31)/b18-10+. The molecule has 2 aromatic carbocycles. The summed E-state index contributed by atoms with van der Waals surface area (Å²) in [6.45, 7) is 4.16. The normalized spacial score (nSPS) is 16.0. The van der Waals surface area contributed by atoms with Crippen LogP contribution in [0.4, 0.5) is 4.79 Å². The number of amides is 2. The average molecular weight is 464 g/mol. The number of carboxylic acid groups (broad SMARTS) is 1. The van der Waals surface area contributed by atoms with Crippen molar-refractivity contribution < 1.29 is 24.2 Å². The van der Waals surface area contributed by atoms with Crippen molar-refractivity contribution in [3.8, 4) is 11.1 Å². The van der Waals surface area contributed by atoms with Crippen LogP contribution in [0.2, 0.25) is 0 Å². The molecule has 2 aliphatic rings. The van der Waals surface area contributed by atoms with Crippen LogP contribution in [0.25, 0.3) is 11.1 Å². The number of aliphatic carboxylic acids is 1. The number of ether oxygens (including phenoxy) is 1. The number of benzene rings is 2. The molecule has 0 unspecified atom stereocenters. The van der Waals surface area contributed by atoms with Gasteiger partial charge in [-0.3, -0.25) is 14.5 Å². The van der Waals surface area contributed by atoms with E-state index in [1.165, 1.54) is 11.1 Å². The lowest BCUT2D eigenvalue weighted by atomic mass is 9.98. The maximum absolute atomic E-state index is 12.6. The van der Waals surface area contributed by atoms with Crippen LogP contribution >= 0.6 is 0 Å². The topological polar surface area (TPSA) is 99.2 Å². The van der Waals surface area contributed by atoms with Crippen LogP contribution in [-0.2, 0) is 14.3 Å². The molecule has 0 atom stereocenters. The predicted octanol–water partition coefficient (Wildman–Crippen LogP) is 2.70. The molecule has 8 heteroatoms. The minimum absolute atomic E-state index is 0.00296. The Morgan fingerprint density at radius 1 is 1.00 bits per heavy atom. The molecule has 2 amide bonds. The van der Waals surface area contributed by atoms with E-state index in [0.717, 1.165) is 11.1 Å². The van der Waals surface area contributed by atoms with Crippen LogP contribution in [-0.4, -0.2) is 78.8 Å². The van der Waals surface area contributed by atoms with Gasteiger partial charge in [-0.2, -0.15) is 0 Å². The number of piperazine rings is 1. The number of alkyl carbamates (subject to hydrolysis) is 1. The van der Waals surface area contributed by atoms with Gasteiger partial charge in [-0.1, -0.05) is 54.6 Å². The van der Waals surface area contributed by atoms with Gasteiger partial charge in [-0.15, -0.1) is 0 Å². The van der Waals surface area contributed by atoms with Crippen molar-refractivity contribution in [2.75, 3.05) is 45.9 Å². The van der Waals surface area contributed by atoms with Gasteiger partial charge in [0.2, 0.25) is 5.91 Å². The van der Waals surface area contributed by atoms with Gasteiger partial charge < -0.3 is 20.1 Å². The first kappa shape index (κ1) is 23.5. The minimum atomic E-state index is -0.866. The van der Waals surface area contributed by atoms with Crippen LogP contribution in [0.5, 0.6) is 0 Å². The number of carbonyl (C=O) groups excluding carboxylic acids is 2. The zero-order valence-electron chi connectivity index (χ0n) is 19.2. The summed E-state index contributed by atoms with van der Waals surface area (Å²) in [6, 6.07) is 16.3. The Bertz CT molecular complexity index is 1060. The Morgan fingerprint density at radius 2 is 1.59 bits per heavy atom. The molecular formula is C26H29N3O5. The van der Waals surface area contributed by atoms with Crippen LogP contribution in [0.3, 0.4) is 0 Å². The van der Waals surface area contributed by atoms with Crippen LogP contribution in [0.15, 0.2) is 60.2 Å². The van der Waals surface area contributed by atoms with Crippen molar-refractivity contribution in [3.63, 3.8) is 0 Å². The smallest absolute Gasteiger partial charge is 0.407 e. The minimum Gasteiger partial charge on any atom is -0.480 e. The zero-order valence-corrected chi connectivity index (χ0v) is 19.2. The molecule has 0 radical (unpaired) electrons. The molecule has 1 aliphatic carbocycles. The van der Waals surface area contributed by atoms with Gasteiger partial charge in [-0.05, 0) is 29.2 Å². The number of rotatable bonds is 7. The summed E-state index contributed by atoms with van der Waals surface area (Å²) in [5, 5.41) is 11.6. The van der Waals surface area contributed by atoms with Crippen molar-refractivity contribution in [2.24, 2.45) is 0 Å². The summed E-state index contributed by atoms with van der Waals surface area (Å²) in [5.74, 6) is -0.976. The fourth-order valence-corrected chi connectivity index (χ4v) is 4.57. The molecule has 34 heavy (non-hydrogen) atoms. The van der Waals surface area contributed by atoms with E-state index < -0.39 is 12.1 Å². The number of nitrogens with one attached hydrogen (secondary N) is 1. The molecule has 1 heterocycles. The van der Waals surface area contributed by atoms with Gasteiger partial charge in [-0.25, -0.2) is 4.79 Å². The summed E-state index contributed by atoms with van der Waals surface area (Å²) in [6.07, 6.45) is 1.15. The molecule has 1 fully saturated rings. The lowest BCUT2D eigenvalue weighted by molar-refractivity contribution is -0.139. The van der Waals surface area contributed by atoms with E-state index in [1.807, 2.05) is 29.2 Å². The lowest BCUT2D eigenvalue weighted by Crippen LogP contribution is -2.50. The highest BCUT2D eigenvalue weighted by Crippen LogP contribution is 2.44. The molecule has 1 aliphatic heterocycles. The predicted molar refractivity (Wildman–Crippen MR) is 127 cm³/mol. The van der Waals surface area contributed by atoms with Gasteiger partial charge in [0.1, 0.15) is 6.61 Å². The average Bonchev–Trinajstić information content (AvgIpc) is 3.16. The van der Waals surface area contributed by atoms with E-state index in [4.69, 9.17) is 9.84 Å². The number of fused-ring (bicyclic) bond motifs is 3. The number of hydrogen-bond acceptors (Lipinski definition) is 5. The first-order valence-electron chi connectivity index (χ1n) is 11.4. The van der Waals surface area contributed by atoms with Gasteiger partial charge in [0, 0.05) is 44.2 Å². The molecule has 0 saturated carbocycles. The molecule has 0 aromatic heterocycles. The quantitative estimate of drug-likeness (QED) is 0.613. The van der Waals surface area contributed by atoms with E-state index in [2.05, 4.69) is 29.6 Å². The Labute approximate surface area is 198 Å². The summed E-state index contributed by atoms with van der Waals surface area (Å²) in [5.41, 5.74) is 5.19. The van der Waals surface area contributed by atoms with Gasteiger partial charge in [0.25, 0.3) is 0 Å². The Hall–Kier alpha value is -3.65. The number of hydrogen-bond donors (Lipinski definition) is 2. The molecule has 8 nitrogen and oxygen atoms in total. The maximum Gasteiger partial charge on any atom is 0.407 e. The van der Waals surface area contributed by atoms with E-state index in [-0.39, 0.29) is 31.5 Å². The van der Waals surface area contributed by atoms with Crippen LogP contribution in [0.1, 0.15) is 24.0 Å². The third-order valence-corrected chi connectivity index (χ3v) is 6.35. The van der Waals surface area contributed by atoms with Crippen molar-refractivity contribution in [3.05, 3.63) is 71.3 Å². The van der Waals surface area contributed by atoms with Gasteiger partial charge in [0.15, 0.2) is 0 Å². The van der Waals surface area contributed by atoms with E-state index in [0.29, 0.717) is 31.8 Å². The second-order valence-electron chi connectivity index (χ2n) is 8.56. The summed E-state index contributed by atoms with van der Waals surface area (Å²) >= 11 is 0. The van der Waals surface area contributed by atoms with Crippen molar-refractivity contribution in [1.82, 2.24) is 15.1 Å². The maximum atomic E-state index is 12.6. The zero-order chi connectivity index (χ0) is 24.1. The van der Waals surface area contributed by atoms with E-state index in [9.17, 15) is 14.4 Å². The summed E-state index contributed by atoms with van der Waals surface area (Å²) in [4.78, 5) is 39.2. The molecule has 1 saturated heterocycles. The number of nitrogens with zero attached hydrogens (tertiary/aromatic N) is 2. The molecule has 178 valence electrons. The summed E-state index contributed by atoms with van der Waals surface area (Å²) in [7, 11) is 0. The van der Waals surface area contributed by atoms with E-state index in [1.54, 1.807) is 17.9 Å². The van der Waals surface area contributed by atoms with Crippen molar-refractivity contribution in [2.45, 2.75) is 12.8 Å². The van der Waals surface area contributed by atoms with Crippen LogP contribution < -0.4 is 5.32 Å². The number of carboxylic acids is 1. The first-order chi connectivity index (χ1) is 16.4. The molecule has 2 N–H and O–H groups in total. The lowest BCUT2D eigenvalue weighted by Gasteiger charge is -2.34. The SMILES string of the molecule is C/C(=C\CNC(=O)OCC1c2ccccc2-c2ccccc21)C(=O)N1CCN(CC(=O)O)CC1. The molecule has 0 bridgehead atoms. The largest absolute Gasteiger partial charge is 0.480 e. The third-order valence-electron chi connectivity index (χ3n) is 6.35. The van der Waals surface area contributed by atoms with Crippen molar-refractivity contribution in [1.29, 1.82) is 0 Å². The Kier molecular flexibility index (Phi) is 7.27. The van der Waals surface area contributed by atoms with Crippen LogP contribution in [0, 0.1) is 0 Å². The fourth-order valence-electron chi connectivity index (χ4n) is 4.57. The highest BCUT2D eigenvalue weighted by molar-refractivity contribution is 5.93. The van der Waals surface area contributed by atoms with Crippen molar-refractivity contribution >= 4 is 18.0 Å². The molecule has 2 aromatic rings. The van der Waals surface area contributed by atoms with E-state index >= 15 is 0 Å². The Balaban J connectivity index is 1.25. The van der Waals surface area contributed by atoms with Gasteiger partial charge in [0.05, 0.1) is 6.54 Å². The third kappa shape index (κ3) is 5.28. The second kappa shape index (κ2) is 10.5. The Morgan fingerprint density at radius 3 is 2.18 bits per heavy atom. The number of carbonyl (C=O) groups is 3. The molecular weight excluding hydrogens is 434 g/mol. The molecule has 0 spiro atoms. The first-order valence-corrected chi connectivity index (χ1v) is 11.4. The monoisotopic (exact) mass is 463 g/mol. The fraction of sp³-hybridized carbons (Fsp3) is 0.346. The second-order valence-corrected chi connectivity index (χ2v) is 8.56. The summed E-state index contributed by atoms with van der Waals surface area (Å²) < 4.78 is 5.51. The van der Waals surface area contributed by atoms with Gasteiger partial charge >= 0.3 is 12.1 Å². The molecule has 4 rings (SSSR count).